The normalized spacial score (nSPS) is 10.5. The van der Waals surface area contributed by atoms with E-state index >= 15 is 0 Å². The molecular weight excluding hydrogens is 286 g/mol. The van der Waals surface area contributed by atoms with Gasteiger partial charge < -0.3 is 34.5 Å². The molecule has 1 amide bonds. The van der Waals surface area contributed by atoms with E-state index in [1.807, 2.05) is 0 Å². The van der Waals surface area contributed by atoms with Crippen LogP contribution in [-0.2, 0) is 28.5 Å². The van der Waals surface area contributed by atoms with Crippen molar-refractivity contribution in [3.63, 3.8) is 0 Å². The molecule has 0 bridgehead atoms. The summed E-state index contributed by atoms with van der Waals surface area (Å²) in [6.07, 6.45) is 0. The second kappa shape index (κ2) is 15.1. The van der Waals surface area contributed by atoms with Gasteiger partial charge in [-0.1, -0.05) is 0 Å². The Bertz CT molecular complexity index is 274. The molecule has 0 radical (unpaired) electrons. The van der Waals surface area contributed by atoms with Gasteiger partial charge in [-0.15, -0.1) is 0 Å². The van der Waals surface area contributed by atoms with Gasteiger partial charge in [0.1, 0.15) is 13.2 Å². The third-order valence-electron chi connectivity index (χ3n) is 2.01. The van der Waals surface area contributed by atoms with E-state index in [-0.39, 0.29) is 13.2 Å². The lowest BCUT2D eigenvalue weighted by Gasteiger charge is -2.07. The first-order valence-corrected chi connectivity index (χ1v) is 6.57. The lowest BCUT2D eigenvalue weighted by molar-refractivity contribution is -0.143. The fourth-order valence-corrected chi connectivity index (χ4v) is 1.15. The number of carbonyl (C=O) groups is 2. The fraction of sp³-hybridized carbons (Fsp3) is 0.833. The summed E-state index contributed by atoms with van der Waals surface area (Å²) in [5.74, 6) is -1.51. The maximum absolute atomic E-state index is 11.1. The molecule has 0 aliphatic carbocycles. The number of aliphatic carboxylic acids is 1. The van der Waals surface area contributed by atoms with Crippen LogP contribution in [0, 0.1) is 0 Å². The summed E-state index contributed by atoms with van der Waals surface area (Å²) in [5.41, 5.74) is 0. The van der Waals surface area contributed by atoms with E-state index in [4.69, 9.17) is 24.4 Å². The minimum absolute atomic E-state index is 0.00379. The monoisotopic (exact) mass is 309 g/mol. The largest absolute Gasteiger partial charge is 0.480 e. The van der Waals surface area contributed by atoms with Crippen molar-refractivity contribution in [2.24, 2.45) is 0 Å². The average Bonchev–Trinajstić information content (AvgIpc) is 2.44. The zero-order valence-corrected chi connectivity index (χ0v) is 11.9. The number of hydrogen-bond donors (Lipinski definition) is 3. The van der Waals surface area contributed by atoms with Crippen LogP contribution in [0.2, 0.25) is 0 Å². The summed E-state index contributed by atoms with van der Waals surface area (Å²) in [6.45, 7) is 1.82. The zero-order valence-electron chi connectivity index (χ0n) is 11.9. The van der Waals surface area contributed by atoms with Gasteiger partial charge in [-0.25, -0.2) is 4.79 Å². The van der Waals surface area contributed by atoms with Crippen molar-refractivity contribution >= 4 is 11.9 Å². The molecule has 0 saturated carbocycles. The van der Waals surface area contributed by atoms with Crippen molar-refractivity contribution in [2.75, 3.05) is 66.0 Å². The summed E-state index contributed by atoms with van der Waals surface area (Å²) in [4.78, 5) is 21.3. The van der Waals surface area contributed by atoms with E-state index in [0.29, 0.717) is 46.2 Å². The molecule has 9 nitrogen and oxygen atoms in total. The maximum Gasteiger partial charge on any atom is 0.329 e. The van der Waals surface area contributed by atoms with E-state index in [1.54, 1.807) is 0 Å². The molecule has 0 fully saturated rings. The van der Waals surface area contributed by atoms with Crippen molar-refractivity contribution in [2.45, 2.75) is 0 Å². The van der Waals surface area contributed by atoms with Crippen LogP contribution >= 0.6 is 0 Å². The third-order valence-corrected chi connectivity index (χ3v) is 2.01. The molecular formula is C12H23NO8. The molecule has 0 unspecified atom stereocenters. The minimum Gasteiger partial charge on any atom is -0.480 e. The fourth-order valence-electron chi connectivity index (χ4n) is 1.15. The van der Waals surface area contributed by atoms with Crippen molar-refractivity contribution in [1.82, 2.24) is 5.32 Å². The molecule has 21 heavy (non-hydrogen) atoms. The van der Waals surface area contributed by atoms with Gasteiger partial charge in [0, 0.05) is 6.54 Å². The quantitative estimate of drug-likeness (QED) is 0.304. The number of carbonyl (C=O) groups excluding carboxylic acids is 1. The minimum atomic E-state index is -1.12. The number of ether oxygens (including phenoxy) is 4. The van der Waals surface area contributed by atoms with Gasteiger partial charge in [0.15, 0.2) is 0 Å². The predicted octanol–water partition coefficient (Wildman–Crippen LogP) is -1.75. The van der Waals surface area contributed by atoms with E-state index in [9.17, 15) is 9.59 Å². The Morgan fingerprint density at radius 2 is 1.38 bits per heavy atom. The van der Waals surface area contributed by atoms with Crippen molar-refractivity contribution < 1.29 is 38.7 Å². The Labute approximate surface area is 123 Å². The number of nitrogens with one attached hydrogen (secondary N) is 1. The number of hydrogen-bond acceptors (Lipinski definition) is 7. The van der Waals surface area contributed by atoms with E-state index in [1.165, 1.54) is 0 Å². The van der Waals surface area contributed by atoms with Gasteiger partial charge in [0.25, 0.3) is 0 Å². The molecule has 0 rings (SSSR count). The Hall–Kier alpha value is -1.26. The first-order valence-electron chi connectivity index (χ1n) is 6.57. The highest BCUT2D eigenvalue weighted by Crippen LogP contribution is 1.81. The van der Waals surface area contributed by atoms with Gasteiger partial charge >= 0.3 is 5.97 Å². The van der Waals surface area contributed by atoms with Crippen molar-refractivity contribution in [3.8, 4) is 0 Å². The third kappa shape index (κ3) is 16.7. The molecule has 0 aromatic heterocycles. The summed E-state index contributed by atoms with van der Waals surface area (Å²) < 4.78 is 20.0. The summed E-state index contributed by atoms with van der Waals surface area (Å²) in [5, 5.41) is 19.3. The Balaban J connectivity index is 3.14. The number of amides is 1. The van der Waals surface area contributed by atoms with Crippen LogP contribution in [0.4, 0.5) is 0 Å². The van der Waals surface area contributed by atoms with Crippen LogP contribution in [0.25, 0.3) is 0 Å². The van der Waals surface area contributed by atoms with Crippen LogP contribution in [0.1, 0.15) is 0 Å². The average molecular weight is 309 g/mol. The van der Waals surface area contributed by atoms with Crippen LogP contribution in [0.3, 0.4) is 0 Å². The molecule has 0 aliphatic rings. The van der Waals surface area contributed by atoms with Crippen LogP contribution in [-0.4, -0.2) is 88.1 Å². The molecule has 0 saturated heterocycles. The van der Waals surface area contributed by atoms with Gasteiger partial charge in [0.05, 0.1) is 46.2 Å². The van der Waals surface area contributed by atoms with E-state index in [2.05, 4.69) is 10.1 Å². The highest BCUT2D eigenvalue weighted by atomic mass is 16.5. The topological polar surface area (TPSA) is 124 Å². The maximum atomic E-state index is 11.1. The van der Waals surface area contributed by atoms with Crippen molar-refractivity contribution in [1.29, 1.82) is 0 Å². The molecule has 3 N–H and O–H groups in total. The molecule has 0 spiro atoms. The molecule has 0 aromatic rings. The number of rotatable bonds is 15. The van der Waals surface area contributed by atoms with Gasteiger partial charge in [0.2, 0.25) is 5.91 Å². The van der Waals surface area contributed by atoms with Gasteiger partial charge in [-0.05, 0) is 0 Å². The molecule has 124 valence electrons. The molecule has 0 heterocycles. The standard InChI is InChI=1S/C12H23NO8/c14-2-4-19-6-8-20-7-5-18-3-1-13-11(15)9-21-10-12(16)17/h14H,1-10H2,(H,13,15)(H,16,17). The second-order valence-corrected chi connectivity index (χ2v) is 3.80. The Morgan fingerprint density at radius 1 is 0.810 bits per heavy atom. The zero-order chi connectivity index (χ0) is 15.8. The number of carboxylic acid groups (broad SMARTS) is 1. The molecule has 9 heteroatoms. The molecule has 0 atom stereocenters. The van der Waals surface area contributed by atoms with E-state index in [0.717, 1.165) is 0 Å². The lowest BCUT2D eigenvalue weighted by atomic mass is 10.6. The first-order chi connectivity index (χ1) is 10.2. The van der Waals surface area contributed by atoms with Gasteiger partial charge in [-0.3, -0.25) is 4.79 Å². The Morgan fingerprint density at radius 3 is 1.95 bits per heavy atom. The smallest absolute Gasteiger partial charge is 0.329 e. The summed E-state index contributed by atoms with van der Waals surface area (Å²) >= 11 is 0. The predicted molar refractivity (Wildman–Crippen MR) is 71.0 cm³/mol. The highest BCUT2D eigenvalue weighted by molar-refractivity contribution is 5.77. The van der Waals surface area contributed by atoms with Crippen LogP contribution < -0.4 is 5.32 Å². The first kappa shape index (κ1) is 19.7. The SMILES string of the molecule is O=C(O)COCC(=O)NCCOCCOCCOCCO. The van der Waals surface area contributed by atoms with Crippen LogP contribution in [0.5, 0.6) is 0 Å². The van der Waals surface area contributed by atoms with Gasteiger partial charge in [-0.2, -0.15) is 0 Å². The number of aliphatic hydroxyl groups is 1. The lowest BCUT2D eigenvalue weighted by Crippen LogP contribution is -2.31. The van der Waals surface area contributed by atoms with Crippen molar-refractivity contribution in [3.05, 3.63) is 0 Å². The highest BCUT2D eigenvalue weighted by Gasteiger charge is 2.02. The summed E-state index contributed by atoms with van der Waals surface area (Å²) in [6, 6.07) is 0. The number of carboxylic acids is 1. The van der Waals surface area contributed by atoms with Crippen LogP contribution in [0.15, 0.2) is 0 Å². The van der Waals surface area contributed by atoms with E-state index < -0.39 is 18.5 Å². The summed E-state index contributed by atoms with van der Waals surface area (Å²) in [7, 11) is 0. The Kier molecular flexibility index (Phi) is 14.2. The second-order valence-electron chi connectivity index (χ2n) is 3.80. The number of aliphatic hydroxyl groups excluding tert-OH is 1. The molecule has 0 aliphatic heterocycles. The molecule has 0 aromatic carbocycles.